The van der Waals surface area contributed by atoms with Gasteiger partial charge in [0.15, 0.2) is 5.82 Å². The minimum atomic E-state index is -0.300. The minimum absolute atomic E-state index is 0.300. The Morgan fingerprint density at radius 2 is 2.35 bits per heavy atom. The quantitative estimate of drug-likeness (QED) is 0.719. The third-order valence-electron chi connectivity index (χ3n) is 2.26. The number of anilines is 1. The summed E-state index contributed by atoms with van der Waals surface area (Å²) in [5.41, 5.74) is 1.34. The SMILES string of the molecule is Fc1ccc2nc(NCc3ncon3)[nH]c2c1. The molecular weight excluding hydrogens is 225 g/mol. The summed E-state index contributed by atoms with van der Waals surface area (Å²) < 4.78 is 17.6. The van der Waals surface area contributed by atoms with Crippen LogP contribution in [0.25, 0.3) is 11.0 Å². The second kappa shape index (κ2) is 3.85. The van der Waals surface area contributed by atoms with Gasteiger partial charge >= 0.3 is 0 Å². The molecule has 1 aromatic carbocycles. The van der Waals surface area contributed by atoms with E-state index in [1.54, 1.807) is 6.07 Å². The first-order valence-corrected chi connectivity index (χ1v) is 4.96. The van der Waals surface area contributed by atoms with E-state index in [0.29, 0.717) is 29.4 Å². The van der Waals surface area contributed by atoms with Crippen LogP contribution in [0.3, 0.4) is 0 Å². The highest BCUT2D eigenvalue weighted by Crippen LogP contribution is 2.15. The molecule has 0 amide bonds. The van der Waals surface area contributed by atoms with Crippen LogP contribution in [0.4, 0.5) is 10.3 Å². The second-order valence-corrected chi connectivity index (χ2v) is 3.45. The van der Waals surface area contributed by atoms with E-state index >= 15 is 0 Å². The van der Waals surface area contributed by atoms with E-state index in [1.165, 1.54) is 18.5 Å². The molecule has 2 heterocycles. The molecule has 0 radical (unpaired) electrons. The van der Waals surface area contributed by atoms with Gasteiger partial charge in [-0.1, -0.05) is 5.16 Å². The molecule has 2 N–H and O–H groups in total. The molecular formula is C10H8FN5O. The highest BCUT2D eigenvalue weighted by atomic mass is 19.1. The molecule has 0 atom stereocenters. The summed E-state index contributed by atoms with van der Waals surface area (Å²) >= 11 is 0. The Balaban J connectivity index is 1.81. The maximum Gasteiger partial charge on any atom is 0.213 e. The van der Waals surface area contributed by atoms with E-state index < -0.39 is 0 Å². The fourth-order valence-electron chi connectivity index (χ4n) is 1.50. The fourth-order valence-corrected chi connectivity index (χ4v) is 1.50. The van der Waals surface area contributed by atoms with Gasteiger partial charge in [0, 0.05) is 0 Å². The Hall–Kier alpha value is -2.44. The van der Waals surface area contributed by atoms with Gasteiger partial charge in [0.1, 0.15) is 5.82 Å². The van der Waals surface area contributed by atoms with Gasteiger partial charge in [-0.05, 0) is 18.2 Å². The van der Waals surface area contributed by atoms with Gasteiger partial charge in [-0.15, -0.1) is 0 Å². The number of H-pyrrole nitrogens is 1. The third kappa shape index (κ3) is 1.94. The van der Waals surface area contributed by atoms with E-state index in [1.807, 2.05) is 0 Å². The zero-order valence-electron chi connectivity index (χ0n) is 8.64. The number of benzene rings is 1. The van der Waals surface area contributed by atoms with Crippen LogP contribution in [0.1, 0.15) is 5.82 Å². The molecule has 17 heavy (non-hydrogen) atoms. The summed E-state index contributed by atoms with van der Waals surface area (Å²) in [4.78, 5) is 11.0. The van der Waals surface area contributed by atoms with Crippen LogP contribution in [0.15, 0.2) is 29.1 Å². The molecule has 3 rings (SSSR count). The van der Waals surface area contributed by atoms with Crippen molar-refractivity contribution in [3.63, 3.8) is 0 Å². The summed E-state index contributed by atoms with van der Waals surface area (Å²) in [6.07, 6.45) is 1.25. The average molecular weight is 233 g/mol. The van der Waals surface area contributed by atoms with Crippen molar-refractivity contribution < 1.29 is 8.91 Å². The first-order valence-electron chi connectivity index (χ1n) is 4.96. The molecule has 0 aliphatic heterocycles. The Bertz CT molecular complexity index is 633. The van der Waals surface area contributed by atoms with E-state index in [4.69, 9.17) is 0 Å². The van der Waals surface area contributed by atoms with E-state index in [9.17, 15) is 4.39 Å². The Labute approximate surface area is 94.9 Å². The lowest BCUT2D eigenvalue weighted by molar-refractivity contribution is 0.411. The smallest absolute Gasteiger partial charge is 0.213 e. The molecule has 3 aromatic rings. The third-order valence-corrected chi connectivity index (χ3v) is 2.26. The van der Waals surface area contributed by atoms with Crippen molar-refractivity contribution in [1.29, 1.82) is 0 Å². The van der Waals surface area contributed by atoms with Crippen LogP contribution >= 0.6 is 0 Å². The molecule has 0 aliphatic rings. The van der Waals surface area contributed by atoms with Gasteiger partial charge in [0.05, 0.1) is 17.6 Å². The van der Waals surface area contributed by atoms with E-state index in [0.717, 1.165) is 0 Å². The van der Waals surface area contributed by atoms with Crippen LogP contribution in [-0.2, 0) is 6.54 Å². The number of imidazole rings is 1. The maximum atomic E-state index is 13.0. The lowest BCUT2D eigenvalue weighted by Gasteiger charge is -1.96. The number of hydrogen-bond donors (Lipinski definition) is 2. The molecule has 0 saturated carbocycles. The summed E-state index contributed by atoms with van der Waals surface area (Å²) in [6.45, 7) is 0.388. The Kier molecular flexibility index (Phi) is 2.21. The zero-order chi connectivity index (χ0) is 11.7. The van der Waals surface area contributed by atoms with Gasteiger partial charge in [-0.2, -0.15) is 4.98 Å². The predicted molar refractivity (Wildman–Crippen MR) is 57.7 cm³/mol. The highest BCUT2D eigenvalue weighted by Gasteiger charge is 2.04. The van der Waals surface area contributed by atoms with E-state index in [2.05, 4.69) is 29.9 Å². The summed E-state index contributed by atoms with van der Waals surface area (Å²) in [5.74, 6) is 0.762. The number of aromatic amines is 1. The fraction of sp³-hybridized carbons (Fsp3) is 0.100. The number of nitrogens with one attached hydrogen (secondary N) is 2. The van der Waals surface area contributed by atoms with Crippen molar-refractivity contribution in [3.8, 4) is 0 Å². The van der Waals surface area contributed by atoms with E-state index in [-0.39, 0.29) is 5.82 Å². The van der Waals surface area contributed by atoms with Crippen molar-refractivity contribution in [2.75, 3.05) is 5.32 Å². The van der Waals surface area contributed by atoms with Gasteiger partial charge in [0.25, 0.3) is 0 Å². The topological polar surface area (TPSA) is 79.6 Å². The van der Waals surface area contributed by atoms with Crippen LogP contribution < -0.4 is 5.32 Å². The molecule has 0 saturated heterocycles. The molecule has 0 bridgehead atoms. The van der Waals surface area contributed by atoms with Gasteiger partial charge < -0.3 is 14.8 Å². The monoisotopic (exact) mass is 233 g/mol. The molecule has 6 nitrogen and oxygen atoms in total. The van der Waals surface area contributed by atoms with Gasteiger partial charge in [-0.3, -0.25) is 0 Å². The average Bonchev–Trinajstić information content (AvgIpc) is 2.94. The predicted octanol–water partition coefficient (Wildman–Crippen LogP) is 1.70. The molecule has 7 heteroatoms. The largest absolute Gasteiger partial charge is 0.348 e. The first-order chi connectivity index (χ1) is 8.31. The second-order valence-electron chi connectivity index (χ2n) is 3.45. The van der Waals surface area contributed by atoms with Crippen molar-refractivity contribution in [3.05, 3.63) is 36.2 Å². The molecule has 0 aliphatic carbocycles. The Morgan fingerprint density at radius 3 is 3.18 bits per heavy atom. The summed E-state index contributed by atoms with van der Waals surface area (Å²) in [5, 5.41) is 6.63. The standard InChI is InChI=1S/C10H8FN5O/c11-6-1-2-7-8(3-6)15-10(14-7)12-4-9-13-5-17-16-9/h1-3,5H,4H2,(H2,12,14,15). The van der Waals surface area contributed by atoms with Crippen molar-refractivity contribution in [1.82, 2.24) is 20.1 Å². The van der Waals surface area contributed by atoms with Crippen LogP contribution in [0.2, 0.25) is 0 Å². The Morgan fingerprint density at radius 1 is 1.41 bits per heavy atom. The number of nitrogens with zero attached hydrogens (tertiary/aromatic N) is 3. The molecule has 0 unspecified atom stereocenters. The lowest BCUT2D eigenvalue weighted by Crippen LogP contribution is -2.02. The van der Waals surface area contributed by atoms with Gasteiger partial charge in [-0.25, -0.2) is 9.37 Å². The number of aromatic nitrogens is 4. The maximum absolute atomic E-state index is 13.0. The van der Waals surface area contributed by atoms with Crippen LogP contribution in [0, 0.1) is 5.82 Å². The lowest BCUT2D eigenvalue weighted by atomic mass is 10.3. The number of fused-ring (bicyclic) bond motifs is 1. The van der Waals surface area contributed by atoms with Crippen molar-refractivity contribution >= 4 is 17.0 Å². The highest BCUT2D eigenvalue weighted by molar-refractivity contribution is 5.77. The van der Waals surface area contributed by atoms with Crippen molar-refractivity contribution in [2.45, 2.75) is 6.54 Å². The molecule has 0 spiro atoms. The van der Waals surface area contributed by atoms with Gasteiger partial charge in [0.2, 0.25) is 12.3 Å². The van der Waals surface area contributed by atoms with Crippen LogP contribution in [-0.4, -0.2) is 20.1 Å². The zero-order valence-corrected chi connectivity index (χ0v) is 8.64. The number of halogens is 1. The number of rotatable bonds is 3. The van der Waals surface area contributed by atoms with Crippen LogP contribution in [0.5, 0.6) is 0 Å². The molecule has 0 fully saturated rings. The molecule has 86 valence electrons. The summed E-state index contributed by atoms with van der Waals surface area (Å²) in [6, 6.07) is 4.37. The summed E-state index contributed by atoms with van der Waals surface area (Å²) in [7, 11) is 0. The first kappa shape index (κ1) is 9.76. The van der Waals surface area contributed by atoms with Crippen molar-refractivity contribution in [2.24, 2.45) is 0 Å². The normalized spacial score (nSPS) is 10.9. The molecule has 2 aromatic heterocycles. The number of hydrogen-bond acceptors (Lipinski definition) is 5. The minimum Gasteiger partial charge on any atom is -0.348 e.